The normalized spacial score (nSPS) is 14.8. The number of benzene rings is 2. The largest absolute Gasteiger partial charge is 0.120 e. The van der Waals surface area contributed by atoms with Gasteiger partial charge in [0.2, 0.25) is 0 Å². The summed E-state index contributed by atoms with van der Waals surface area (Å²) in [5.74, 6) is 2.80. The van der Waals surface area contributed by atoms with Gasteiger partial charge in [-0.3, -0.25) is 0 Å². The molecule has 2 aliphatic rings. The zero-order valence-corrected chi connectivity index (χ0v) is 15.1. The van der Waals surface area contributed by atoms with Gasteiger partial charge >= 0.3 is 0 Å². The van der Waals surface area contributed by atoms with E-state index in [0.717, 1.165) is 25.7 Å². The van der Waals surface area contributed by atoms with Crippen LogP contribution < -0.4 is 0 Å². The molecular formula is C25H24. The van der Waals surface area contributed by atoms with Gasteiger partial charge in [-0.25, -0.2) is 0 Å². The van der Waals surface area contributed by atoms with Crippen LogP contribution in [0.3, 0.4) is 0 Å². The molecule has 0 amide bonds. The highest BCUT2D eigenvalue weighted by molar-refractivity contribution is 5.81. The highest BCUT2D eigenvalue weighted by atomic mass is 14.4. The van der Waals surface area contributed by atoms with E-state index in [-0.39, 0.29) is 5.41 Å². The molecule has 0 aliphatic heterocycles. The van der Waals surface area contributed by atoms with E-state index in [1.807, 2.05) is 0 Å². The van der Waals surface area contributed by atoms with Gasteiger partial charge < -0.3 is 0 Å². The van der Waals surface area contributed by atoms with E-state index >= 15 is 0 Å². The lowest BCUT2D eigenvalue weighted by Gasteiger charge is -2.30. The van der Waals surface area contributed by atoms with Crippen LogP contribution in [-0.2, 0) is 18.3 Å². The van der Waals surface area contributed by atoms with Crippen LogP contribution in [0.2, 0.25) is 0 Å². The summed E-state index contributed by atoms with van der Waals surface area (Å²) in [6.07, 6.45) is 16.1. The summed E-state index contributed by atoms with van der Waals surface area (Å²) < 4.78 is 0. The Hall–Kier alpha value is -2.52. The molecule has 0 fully saturated rings. The number of allylic oxidation sites excluding steroid dienone is 4. The third kappa shape index (κ3) is 2.56. The van der Waals surface area contributed by atoms with Crippen LogP contribution in [0.25, 0.3) is 11.1 Å². The lowest BCUT2D eigenvalue weighted by Crippen LogP contribution is -2.22. The Labute approximate surface area is 151 Å². The molecule has 0 bridgehead atoms. The number of fused-ring (bicyclic) bond motifs is 3. The standard InChI is InChI=1S/C25H24/c1-4-5-10-18-15-16-23(25(2,3)20-12-7-8-13-20)22-17-19-11-6-9-14-21(19)24(18)22/h1,6-9,11-12,14-16H,5,10,13,17H2,2-3H3. The molecule has 4 rings (SSSR count). The summed E-state index contributed by atoms with van der Waals surface area (Å²) in [5.41, 5.74) is 10.2. The molecule has 0 aromatic heterocycles. The van der Waals surface area contributed by atoms with Crippen LogP contribution in [-0.4, -0.2) is 0 Å². The van der Waals surface area contributed by atoms with Crippen molar-refractivity contribution >= 4 is 0 Å². The van der Waals surface area contributed by atoms with Crippen molar-refractivity contribution in [2.75, 3.05) is 0 Å². The molecule has 0 heteroatoms. The fraction of sp³-hybridized carbons (Fsp3) is 0.280. The van der Waals surface area contributed by atoms with Crippen LogP contribution in [0.1, 0.15) is 48.9 Å². The Morgan fingerprint density at radius 1 is 1.12 bits per heavy atom. The average Bonchev–Trinajstić information content (AvgIpc) is 3.27. The summed E-state index contributed by atoms with van der Waals surface area (Å²) in [6, 6.07) is 13.5. The molecule has 0 spiro atoms. The van der Waals surface area contributed by atoms with Crippen molar-refractivity contribution < 1.29 is 0 Å². The van der Waals surface area contributed by atoms with Gasteiger partial charge in [-0.05, 0) is 52.6 Å². The average molecular weight is 324 g/mol. The second-order valence-corrected chi connectivity index (χ2v) is 7.61. The number of aryl methyl sites for hydroxylation is 1. The summed E-state index contributed by atoms with van der Waals surface area (Å²) in [5, 5.41) is 0. The first-order valence-electron chi connectivity index (χ1n) is 9.16. The topological polar surface area (TPSA) is 0 Å². The molecular weight excluding hydrogens is 300 g/mol. The Morgan fingerprint density at radius 2 is 1.96 bits per heavy atom. The van der Waals surface area contributed by atoms with Crippen LogP contribution in [0, 0.1) is 12.3 Å². The predicted molar refractivity (Wildman–Crippen MR) is 107 cm³/mol. The minimum Gasteiger partial charge on any atom is -0.120 e. The van der Waals surface area contributed by atoms with E-state index in [1.165, 1.54) is 39.0 Å². The number of terminal acetylenes is 1. The van der Waals surface area contributed by atoms with Crippen molar-refractivity contribution in [3.8, 4) is 23.5 Å². The highest BCUT2D eigenvalue weighted by Crippen LogP contribution is 2.46. The summed E-state index contributed by atoms with van der Waals surface area (Å²) in [6.45, 7) is 4.73. The first kappa shape index (κ1) is 16.0. The number of hydrogen-bond acceptors (Lipinski definition) is 0. The number of rotatable bonds is 4. The van der Waals surface area contributed by atoms with Crippen LogP contribution in [0.15, 0.2) is 60.2 Å². The molecule has 2 aliphatic carbocycles. The van der Waals surface area contributed by atoms with Gasteiger partial charge in [0, 0.05) is 11.8 Å². The fourth-order valence-corrected chi connectivity index (χ4v) is 4.41. The zero-order chi connectivity index (χ0) is 17.4. The van der Waals surface area contributed by atoms with Gasteiger partial charge in [0.05, 0.1) is 0 Å². The number of hydrogen-bond donors (Lipinski definition) is 0. The SMILES string of the molecule is C#CCCc1ccc(C(C)(C)C2=CC=CC2)c2c1-c1ccccc1C2. The van der Waals surface area contributed by atoms with Crippen molar-refractivity contribution in [2.24, 2.45) is 0 Å². The lowest BCUT2D eigenvalue weighted by molar-refractivity contribution is 0.608. The van der Waals surface area contributed by atoms with Crippen molar-refractivity contribution in [3.05, 3.63) is 82.5 Å². The van der Waals surface area contributed by atoms with Gasteiger partial charge in [-0.15, -0.1) is 12.3 Å². The van der Waals surface area contributed by atoms with Crippen LogP contribution in [0.4, 0.5) is 0 Å². The molecule has 0 N–H and O–H groups in total. The molecule has 0 radical (unpaired) electrons. The maximum absolute atomic E-state index is 5.53. The molecule has 2 aromatic carbocycles. The van der Waals surface area contributed by atoms with Gasteiger partial charge in [0.25, 0.3) is 0 Å². The molecule has 0 nitrogen and oxygen atoms in total. The van der Waals surface area contributed by atoms with E-state index < -0.39 is 0 Å². The third-order valence-electron chi connectivity index (χ3n) is 5.84. The van der Waals surface area contributed by atoms with E-state index in [4.69, 9.17) is 6.42 Å². The first-order valence-corrected chi connectivity index (χ1v) is 9.16. The molecule has 2 aromatic rings. The highest BCUT2D eigenvalue weighted by Gasteiger charge is 2.32. The van der Waals surface area contributed by atoms with E-state index in [0.29, 0.717) is 0 Å². The Balaban J connectivity index is 1.88. The Bertz CT molecular complexity index is 929. The minimum absolute atomic E-state index is 0.0558. The van der Waals surface area contributed by atoms with E-state index in [1.54, 1.807) is 0 Å². The van der Waals surface area contributed by atoms with E-state index in [2.05, 4.69) is 74.4 Å². The van der Waals surface area contributed by atoms with Gasteiger partial charge in [0.15, 0.2) is 0 Å². The van der Waals surface area contributed by atoms with Crippen molar-refractivity contribution in [1.29, 1.82) is 0 Å². The van der Waals surface area contributed by atoms with Crippen LogP contribution in [0.5, 0.6) is 0 Å². The summed E-state index contributed by atoms with van der Waals surface area (Å²) in [7, 11) is 0. The second-order valence-electron chi connectivity index (χ2n) is 7.61. The minimum atomic E-state index is 0.0558. The summed E-state index contributed by atoms with van der Waals surface area (Å²) >= 11 is 0. The van der Waals surface area contributed by atoms with Crippen molar-refractivity contribution in [2.45, 2.75) is 44.9 Å². The molecule has 124 valence electrons. The molecule has 25 heavy (non-hydrogen) atoms. The third-order valence-corrected chi connectivity index (χ3v) is 5.84. The monoisotopic (exact) mass is 324 g/mol. The lowest BCUT2D eigenvalue weighted by atomic mass is 9.73. The molecule has 0 atom stereocenters. The first-order chi connectivity index (χ1) is 12.1. The maximum Gasteiger partial charge on any atom is 0.0127 e. The second kappa shape index (κ2) is 6.08. The molecule has 0 saturated heterocycles. The predicted octanol–water partition coefficient (Wildman–Crippen LogP) is 5.99. The van der Waals surface area contributed by atoms with Crippen LogP contribution >= 0.6 is 0 Å². The summed E-state index contributed by atoms with van der Waals surface area (Å²) in [4.78, 5) is 0. The van der Waals surface area contributed by atoms with E-state index in [9.17, 15) is 0 Å². The Morgan fingerprint density at radius 3 is 2.72 bits per heavy atom. The molecule has 0 heterocycles. The fourth-order valence-electron chi connectivity index (χ4n) is 4.41. The Kier molecular flexibility index (Phi) is 3.89. The quantitative estimate of drug-likeness (QED) is 0.517. The molecule has 0 saturated carbocycles. The zero-order valence-electron chi connectivity index (χ0n) is 15.1. The molecule has 0 unspecified atom stereocenters. The van der Waals surface area contributed by atoms with Crippen molar-refractivity contribution in [1.82, 2.24) is 0 Å². The smallest absolute Gasteiger partial charge is 0.0127 e. The van der Waals surface area contributed by atoms with Crippen molar-refractivity contribution in [3.63, 3.8) is 0 Å². The van der Waals surface area contributed by atoms with Gasteiger partial charge in [-0.2, -0.15) is 0 Å². The van der Waals surface area contributed by atoms with Gasteiger partial charge in [0.1, 0.15) is 0 Å². The maximum atomic E-state index is 5.53. The van der Waals surface area contributed by atoms with Gasteiger partial charge in [-0.1, -0.05) is 74.0 Å².